The zero-order valence-corrected chi connectivity index (χ0v) is 18.7. The standard InChI is InChI=1S/C22H29N7O3/c1-16-18(14-25-27-21(16)31)26-22(2,3)15-32-11-6-20(30)29-9-7-28(8-10-29)19-5-4-17(12-23)13-24-19/h4-5,13-14H,6-11,15H2,1-3H3,(H2,26,27,31). The maximum absolute atomic E-state index is 12.5. The van der Waals surface area contributed by atoms with Gasteiger partial charge in [-0.1, -0.05) is 0 Å². The second-order valence-electron chi connectivity index (χ2n) is 8.43. The predicted molar refractivity (Wildman–Crippen MR) is 120 cm³/mol. The van der Waals surface area contributed by atoms with E-state index in [1.165, 1.54) is 0 Å². The lowest BCUT2D eigenvalue weighted by Gasteiger charge is -2.35. The molecule has 2 N–H and O–H groups in total. The van der Waals surface area contributed by atoms with Gasteiger partial charge in [-0.3, -0.25) is 9.59 Å². The lowest BCUT2D eigenvalue weighted by molar-refractivity contribution is -0.132. The Morgan fingerprint density at radius 2 is 2.03 bits per heavy atom. The van der Waals surface area contributed by atoms with Gasteiger partial charge >= 0.3 is 0 Å². The molecule has 1 amide bonds. The lowest BCUT2D eigenvalue weighted by Crippen LogP contribution is -2.49. The number of hydrogen-bond acceptors (Lipinski definition) is 8. The van der Waals surface area contributed by atoms with E-state index >= 15 is 0 Å². The molecule has 10 heteroatoms. The minimum atomic E-state index is -0.428. The van der Waals surface area contributed by atoms with Crippen LogP contribution in [0.5, 0.6) is 0 Å². The Bertz CT molecular complexity index is 1020. The molecule has 170 valence electrons. The first-order valence-electron chi connectivity index (χ1n) is 10.6. The maximum atomic E-state index is 12.5. The summed E-state index contributed by atoms with van der Waals surface area (Å²) in [4.78, 5) is 32.5. The number of carbonyl (C=O) groups excluding carboxylic acids is 1. The Hall–Kier alpha value is -3.45. The zero-order valence-electron chi connectivity index (χ0n) is 18.7. The molecule has 1 aliphatic heterocycles. The average molecular weight is 440 g/mol. The van der Waals surface area contributed by atoms with E-state index in [-0.39, 0.29) is 11.5 Å². The van der Waals surface area contributed by atoms with Crippen molar-refractivity contribution in [2.75, 3.05) is 49.6 Å². The van der Waals surface area contributed by atoms with Gasteiger partial charge in [-0.05, 0) is 32.9 Å². The molecule has 0 saturated carbocycles. The largest absolute Gasteiger partial charge is 0.379 e. The number of aromatic amines is 1. The van der Waals surface area contributed by atoms with Gasteiger partial charge in [-0.15, -0.1) is 0 Å². The van der Waals surface area contributed by atoms with Gasteiger partial charge in [0.2, 0.25) is 5.91 Å². The van der Waals surface area contributed by atoms with Gasteiger partial charge in [-0.2, -0.15) is 10.4 Å². The average Bonchev–Trinajstić information content (AvgIpc) is 2.80. The van der Waals surface area contributed by atoms with E-state index in [1.54, 1.807) is 25.4 Å². The number of amides is 1. The van der Waals surface area contributed by atoms with Crippen molar-refractivity contribution >= 4 is 17.4 Å². The number of hydrogen-bond donors (Lipinski definition) is 2. The second-order valence-corrected chi connectivity index (χ2v) is 8.43. The van der Waals surface area contributed by atoms with Crippen molar-refractivity contribution in [2.24, 2.45) is 0 Å². The van der Waals surface area contributed by atoms with Crippen LogP contribution in [0.25, 0.3) is 0 Å². The van der Waals surface area contributed by atoms with E-state index in [4.69, 9.17) is 10.00 Å². The summed E-state index contributed by atoms with van der Waals surface area (Å²) in [7, 11) is 0. The van der Waals surface area contributed by atoms with Crippen LogP contribution in [0, 0.1) is 18.3 Å². The molecule has 2 aromatic heterocycles. The highest BCUT2D eigenvalue weighted by Crippen LogP contribution is 2.17. The Labute approximate surface area is 187 Å². The summed E-state index contributed by atoms with van der Waals surface area (Å²) in [5, 5.41) is 18.4. The van der Waals surface area contributed by atoms with Gasteiger partial charge in [0.15, 0.2) is 0 Å². The van der Waals surface area contributed by atoms with Crippen LogP contribution in [0.4, 0.5) is 11.5 Å². The fourth-order valence-corrected chi connectivity index (χ4v) is 3.45. The van der Waals surface area contributed by atoms with Gasteiger partial charge in [-0.25, -0.2) is 10.1 Å². The molecule has 2 aromatic rings. The van der Waals surface area contributed by atoms with Gasteiger partial charge in [0.05, 0.1) is 42.6 Å². The number of nitrogens with one attached hydrogen (secondary N) is 2. The number of nitriles is 1. The monoisotopic (exact) mass is 439 g/mol. The smallest absolute Gasteiger partial charge is 0.269 e. The van der Waals surface area contributed by atoms with E-state index in [2.05, 4.69) is 31.5 Å². The number of rotatable bonds is 8. The number of piperazine rings is 1. The fourth-order valence-electron chi connectivity index (χ4n) is 3.45. The highest BCUT2D eigenvalue weighted by Gasteiger charge is 2.23. The molecule has 0 atom stereocenters. The van der Waals surface area contributed by atoms with Crippen molar-refractivity contribution in [1.82, 2.24) is 20.1 Å². The number of carbonyl (C=O) groups is 1. The highest BCUT2D eigenvalue weighted by molar-refractivity contribution is 5.76. The van der Waals surface area contributed by atoms with Crippen LogP contribution in [0.15, 0.2) is 29.3 Å². The van der Waals surface area contributed by atoms with E-state index < -0.39 is 5.54 Å². The zero-order chi connectivity index (χ0) is 23.1. The molecule has 1 aliphatic rings. The van der Waals surface area contributed by atoms with E-state index in [9.17, 15) is 9.59 Å². The highest BCUT2D eigenvalue weighted by atomic mass is 16.5. The van der Waals surface area contributed by atoms with Crippen molar-refractivity contribution < 1.29 is 9.53 Å². The number of nitrogens with zero attached hydrogens (tertiary/aromatic N) is 5. The lowest BCUT2D eigenvalue weighted by atomic mass is 10.1. The van der Waals surface area contributed by atoms with Crippen molar-refractivity contribution in [2.45, 2.75) is 32.7 Å². The Morgan fingerprint density at radius 3 is 2.69 bits per heavy atom. The molecule has 32 heavy (non-hydrogen) atoms. The first kappa shape index (κ1) is 23.2. The van der Waals surface area contributed by atoms with Crippen LogP contribution >= 0.6 is 0 Å². The number of ether oxygens (including phenoxy) is 1. The first-order valence-corrected chi connectivity index (χ1v) is 10.6. The van der Waals surface area contributed by atoms with Crippen molar-refractivity contribution in [1.29, 1.82) is 5.26 Å². The number of H-pyrrole nitrogens is 1. The van der Waals surface area contributed by atoms with Gasteiger partial charge in [0, 0.05) is 37.9 Å². The molecule has 10 nitrogen and oxygen atoms in total. The third-order valence-corrected chi connectivity index (χ3v) is 5.33. The molecular weight excluding hydrogens is 410 g/mol. The third-order valence-electron chi connectivity index (χ3n) is 5.33. The van der Waals surface area contributed by atoms with Gasteiger partial charge < -0.3 is 19.9 Å². The summed E-state index contributed by atoms with van der Waals surface area (Å²) >= 11 is 0. The normalized spacial score (nSPS) is 14.2. The molecular formula is C22H29N7O3. The van der Waals surface area contributed by atoms with Crippen LogP contribution in [0.1, 0.15) is 31.4 Å². The molecule has 0 bridgehead atoms. The van der Waals surface area contributed by atoms with E-state index in [1.807, 2.05) is 24.8 Å². The van der Waals surface area contributed by atoms with Gasteiger partial charge in [0.25, 0.3) is 5.56 Å². The molecule has 0 unspecified atom stereocenters. The SMILES string of the molecule is Cc1c(NC(C)(C)COCCC(=O)N2CCN(c3ccc(C#N)cn3)CC2)cn[nH]c1=O. The van der Waals surface area contributed by atoms with Crippen LogP contribution in [0.3, 0.4) is 0 Å². The molecule has 1 saturated heterocycles. The van der Waals surface area contributed by atoms with Crippen LogP contribution in [-0.2, 0) is 9.53 Å². The van der Waals surface area contributed by atoms with E-state index in [0.29, 0.717) is 62.6 Å². The molecule has 1 fully saturated rings. The summed E-state index contributed by atoms with van der Waals surface area (Å²) < 4.78 is 5.75. The molecule has 3 heterocycles. The van der Waals surface area contributed by atoms with E-state index in [0.717, 1.165) is 5.82 Å². The number of pyridine rings is 1. The first-order chi connectivity index (χ1) is 15.3. The maximum Gasteiger partial charge on any atom is 0.269 e. The van der Waals surface area contributed by atoms with Crippen LogP contribution in [-0.4, -0.2) is 70.9 Å². The molecule has 0 spiro atoms. The summed E-state index contributed by atoms with van der Waals surface area (Å²) in [6, 6.07) is 5.65. The summed E-state index contributed by atoms with van der Waals surface area (Å²) in [5.74, 6) is 0.887. The fraction of sp³-hybridized carbons (Fsp3) is 0.500. The number of anilines is 2. The molecule has 0 aromatic carbocycles. The predicted octanol–water partition coefficient (Wildman–Crippen LogP) is 1.29. The topological polar surface area (TPSA) is 127 Å². The van der Waals surface area contributed by atoms with Crippen molar-refractivity contribution in [3.8, 4) is 6.07 Å². The number of aromatic nitrogens is 3. The third kappa shape index (κ3) is 6.04. The summed E-state index contributed by atoms with van der Waals surface area (Å²) in [6.45, 7) is 9.02. The minimum absolute atomic E-state index is 0.0674. The Morgan fingerprint density at radius 1 is 1.28 bits per heavy atom. The second kappa shape index (κ2) is 10.2. The minimum Gasteiger partial charge on any atom is -0.379 e. The Kier molecular flexibility index (Phi) is 7.43. The van der Waals surface area contributed by atoms with Crippen molar-refractivity contribution in [3.63, 3.8) is 0 Å². The quantitative estimate of drug-likeness (QED) is 0.589. The molecule has 0 radical (unpaired) electrons. The Balaban J connectivity index is 1.39. The molecule has 0 aliphatic carbocycles. The van der Waals surface area contributed by atoms with Crippen molar-refractivity contribution in [3.05, 3.63) is 46.0 Å². The summed E-state index contributed by atoms with van der Waals surface area (Å²) in [5.41, 5.74) is 1.10. The molecule has 3 rings (SSSR count). The summed E-state index contributed by atoms with van der Waals surface area (Å²) in [6.07, 6.45) is 3.46. The van der Waals surface area contributed by atoms with Gasteiger partial charge in [0.1, 0.15) is 11.9 Å². The van der Waals surface area contributed by atoms with Crippen LogP contribution in [0.2, 0.25) is 0 Å². The van der Waals surface area contributed by atoms with Crippen LogP contribution < -0.4 is 15.8 Å².